The van der Waals surface area contributed by atoms with Gasteiger partial charge in [-0.1, -0.05) is 103 Å². The molecule has 5 saturated carbocycles. The van der Waals surface area contributed by atoms with Crippen molar-refractivity contribution in [1.82, 2.24) is 5.32 Å². The maximum absolute atomic E-state index is 12.0. The van der Waals surface area contributed by atoms with Crippen LogP contribution < -0.4 is 5.32 Å². The molecule has 0 aromatic rings. The van der Waals surface area contributed by atoms with Crippen molar-refractivity contribution in [3.63, 3.8) is 0 Å². The van der Waals surface area contributed by atoms with Gasteiger partial charge in [-0.25, -0.2) is 0 Å². The van der Waals surface area contributed by atoms with E-state index in [9.17, 15) is 10.1 Å². The first kappa shape index (κ1) is 25.0. The van der Waals surface area contributed by atoms with Crippen LogP contribution in [0.15, 0.2) is 0 Å². The summed E-state index contributed by atoms with van der Waals surface area (Å²) < 4.78 is 0. The Hall–Kier alpha value is -0.640. The quantitative estimate of drug-likeness (QED) is 0.315. The third kappa shape index (κ3) is 5.84. The average Bonchev–Trinajstić information content (AvgIpc) is 2.90. The van der Waals surface area contributed by atoms with Crippen LogP contribution in [0.25, 0.3) is 0 Å². The maximum atomic E-state index is 12.0. The summed E-state index contributed by atoms with van der Waals surface area (Å²) in [4.78, 5) is 12.1. The SMILES string of the molecule is O=[N+]([O-])C1CCCCC1NC1C(C2CCCCC2)CC(C2CCCCC2)CC1C1CCCCC1. The Kier molecular flexibility index (Phi) is 8.88. The van der Waals surface area contributed by atoms with Gasteiger partial charge >= 0.3 is 0 Å². The standard InChI is InChI=1S/C30H52N2O2/c33-32(34)29-19-11-10-18-28(29)31-30-26(23-14-6-2-7-15-23)20-25(22-12-4-1-5-13-22)21-27(30)24-16-8-3-9-17-24/h22-31H,1-21H2. The third-order valence-electron chi connectivity index (χ3n) is 11.3. The van der Waals surface area contributed by atoms with Crippen molar-refractivity contribution in [2.24, 2.45) is 35.5 Å². The molecule has 0 aliphatic heterocycles. The van der Waals surface area contributed by atoms with E-state index in [0.29, 0.717) is 6.04 Å². The molecule has 0 spiro atoms. The average molecular weight is 473 g/mol. The van der Waals surface area contributed by atoms with E-state index in [4.69, 9.17) is 0 Å². The Bertz CT molecular complexity index is 608. The van der Waals surface area contributed by atoms with E-state index < -0.39 is 0 Å². The molecule has 0 heterocycles. The van der Waals surface area contributed by atoms with Crippen LogP contribution in [0.2, 0.25) is 0 Å². The fraction of sp³-hybridized carbons (Fsp3) is 1.00. The van der Waals surface area contributed by atoms with E-state index in [0.717, 1.165) is 54.8 Å². The minimum atomic E-state index is -0.358. The van der Waals surface area contributed by atoms with Gasteiger partial charge in [0.2, 0.25) is 6.04 Å². The molecule has 0 bridgehead atoms. The van der Waals surface area contributed by atoms with Crippen LogP contribution in [0.4, 0.5) is 0 Å². The largest absolute Gasteiger partial charge is 0.305 e. The van der Waals surface area contributed by atoms with Crippen molar-refractivity contribution in [3.05, 3.63) is 10.1 Å². The minimum Gasteiger partial charge on any atom is -0.305 e. The summed E-state index contributed by atoms with van der Waals surface area (Å²) >= 11 is 0. The van der Waals surface area contributed by atoms with Gasteiger partial charge in [-0.05, 0) is 61.2 Å². The van der Waals surface area contributed by atoms with Crippen molar-refractivity contribution in [1.29, 1.82) is 0 Å². The van der Waals surface area contributed by atoms with Crippen LogP contribution in [-0.2, 0) is 0 Å². The summed E-state index contributed by atoms with van der Waals surface area (Å²) in [5, 5.41) is 16.2. The topological polar surface area (TPSA) is 55.2 Å². The highest BCUT2D eigenvalue weighted by molar-refractivity contribution is 5.00. The Balaban J connectivity index is 1.42. The molecule has 4 atom stereocenters. The second-order valence-corrected chi connectivity index (χ2v) is 13.2. The highest BCUT2D eigenvalue weighted by atomic mass is 16.6. The normalized spacial score (nSPS) is 39.6. The molecule has 5 aliphatic rings. The van der Waals surface area contributed by atoms with Crippen molar-refractivity contribution in [3.8, 4) is 0 Å². The molecule has 0 aromatic carbocycles. The first-order valence-corrected chi connectivity index (χ1v) is 15.6. The molecule has 194 valence electrons. The van der Waals surface area contributed by atoms with Crippen LogP contribution >= 0.6 is 0 Å². The van der Waals surface area contributed by atoms with Gasteiger partial charge in [0, 0.05) is 17.4 Å². The predicted molar refractivity (Wildman–Crippen MR) is 139 cm³/mol. The summed E-state index contributed by atoms with van der Waals surface area (Å²) in [6.07, 6.45) is 28.3. The van der Waals surface area contributed by atoms with Crippen LogP contribution in [-0.4, -0.2) is 23.0 Å². The first-order chi connectivity index (χ1) is 16.7. The summed E-state index contributed by atoms with van der Waals surface area (Å²) in [5.74, 6) is 5.15. The number of rotatable bonds is 6. The van der Waals surface area contributed by atoms with Gasteiger partial charge in [-0.3, -0.25) is 10.1 Å². The third-order valence-corrected chi connectivity index (χ3v) is 11.3. The predicted octanol–water partition coefficient (Wildman–Crippen LogP) is 7.92. The first-order valence-electron chi connectivity index (χ1n) is 15.6. The number of nitro groups is 1. The Morgan fingerprint density at radius 2 is 0.971 bits per heavy atom. The van der Waals surface area contributed by atoms with Crippen LogP contribution in [0.5, 0.6) is 0 Å². The van der Waals surface area contributed by atoms with E-state index in [1.165, 1.54) is 116 Å². The fourth-order valence-corrected chi connectivity index (χ4v) is 9.54. The molecule has 0 amide bonds. The minimum absolute atomic E-state index is 0.0652. The Morgan fingerprint density at radius 1 is 0.529 bits per heavy atom. The van der Waals surface area contributed by atoms with E-state index >= 15 is 0 Å². The highest BCUT2D eigenvalue weighted by Crippen LogP contribution is 2.51. The molecular formula is C30H52N2O2. The molecule has 4 unspecified atom stereocenters. The van der Waals surface area contributed by atoms with Gasteiger partial charge in [0.25, 0.3) is 0 Å². The van der Waals surface area contributed by atoms with E-state index in [-0.39, 0.29) is 17.0 Å². The van der Waals surface area contributed by atoms with E-state index in [2.05, 4.69) is 5.32 Å². The summed E-state index contributed by atoms with van der Waals surface area (Å²) in [5.41, 5.74) is 0. The molecule has 4 nitrogen and oxygen atoms in total. The smallest absolute Gasteiger partial charge is 0.228 e. The summed E-state index contributed by atoms with van der Waals surface area (Å²) in [6, 6.07) is 0.289. The van der Waals surface area contributed by atoms with Gasteiger partial charge in [-0.2, -0.15) is 0 Å². The second-order valence-electron chi connectivity index (χ2n) is 13.2. The fourth-order valence-electron chi connectivity index (χ4n) is 9.54. The number of nitrogens with one attached hydrogen (secondary N) is 1. The molecule has 1 N–H and O–H groups in total. The molecule has 4 heteroatoms. The summed E-state index contributed by atoms with van der Waals surface area (Å²) in [7, 11) is 0. The lowest BCUT2D eigenvalue weighted by atomic mass is 9.57. The summed E-state index contributed by atoms with van der Waals surface area (Å²) in [6.45, 7) is 0. The van der Waals surface area contributed by atoms with Crippen LogP contribution in [0.1, 0.15) is 135 Å². The van der Waals surface area contributed by atoms with Gasteiger partial charge in [-0.15, -0.1) is 0 Å². The Morgan fingerprint density at radius 3 is 1.47 bits per heavy atom. The lowest BCUT2D eigenvalue weighted by Crippen LogP contribution is -2.59. The molecule has 5 aliphatic carbocycles. The monoisotopic (exact) mass is 472 g/mol. The van der Waals surface area contributed by atoms with Crippen molar-refractivity contribution in [2.45, 2.75) is 153 Å². The molecule has 0 aromatic heterocycles. The van der Waals surface area contributed by atoms with Gasteiger partial charge < -0.3 is 5.32 Å². The van der Waals surface area contributed by atoms with Gasteiger partial charge in [0.1, 0.15) is 0 Å². The van der Waals surface area contributed by atoms with E-state index in [1.807, 2.05) is 0 Å². The number of hydrogen-bond donors (Lipinski definition) is 1. The van der Waals surface area contributed by atoms with Crippen LogP contribution in [0, 0.1) is 45.6 Å². The van der Waals surface area contributed by atoms with Gasteiger partial charge in [0.05, 0.1) is 6.04 Å². The lowest BCUT2D eigenvalue weighted by Gasteiger charge is -2.52. The Labute approximate surface area is 208 Å². The lowest BCUT2D eigenvalue weighted by molar-refractivity contribution is -0.530. The zero-order valence-corrected chi connectivity index (χ0v) is 21.8. The van der Waals surface area contributed by atoms with E-state index in [1.54, 1.807) is 0 Å². The molecule has 0 saturated heterocycles. The zero-order valence-electron chi connectivity index (χ0n) is 21.8. The van der Waals surface area contributed by atoms with Crippen molar-refractivity contribution in [2.75, 3.05) is 0 Å². The van der Waals surface area contributed by atoms with Crippen molar-refractivity contribution >= 4 is 0 Å². The molecule has 0 radical (unpaired) electrons. The second kappa shape index (κ2) is 12.1. The molecule has 5 fully saturated rings. The maximum Gasteiger partial charge on any atom is 0.228 e. The number of hydrogen-bond acceptors (Lipinski definition) is 3. The highest BCUT2D eigenvalue weighted by Gasteiger charge is 2.48. The zero-order chi connectivity index (χ0) is 23.3. The number of nitrogens with zero attached hydrogens (tertiary/aromatic N) is 1. The van der Waals surface area contributed by atoms with Crippen LogP contribution in [0.3, 0.4) is 0 Å². The van der Waals surface area contributed by atoms with Gasteiger partial charge in [0.15, 0.2) is 0 Å². The molecule has 5 rings (SSSR count). The van der Waals surface area contributed by atoms with Crippen molar-refractivity contribution < 1.29 is 4.92 Å². The molecular weight excluding hydrogens is 420 g/mol. The molecule has 34 heavy (non-hydrogen) atoms.